The van der Waals surface area contributed by atoms with Crippen LogP contribution in [0.25, 0.3) is 0 Å². The molecule has 26 heavy (non-hydrogen) atoms. The van der Waals surface area contributed by atoms with Crippen LogP contribution in [0.1, 0.15) is 37.1 Å². The summed E-state index contributed by atoms with van der Waals surface area (Å²) in [6.45, 7) is 5.80. The molecule has 1 unspecified atom stereocenters. The zero-order valence-electron chi connectivity index (χ0n) is 14.7. The van der Waals surface area contributed by atoms with Gasteiger partial charge in [0.15, 0.2) is 0 Å². The second-order valence-electron chi connectivity index (χ2n) is 5.89. The fourth-order valence-corrected chi connectivity index (χ4v) is 3.75. The van der Waals surface area contributed by atoms with Crippen LogP contribution in [0.15, 0.2) is 53.6 Å². The van der Waals surface area contributed by atoms with Crippen molar-refractivity contribution in [3.63, 3.8) is 0 Å². The van der Waals surface area contributed by atoms with Crippen LogP contribution in [0.4, 0.5) is 0 Å². The van der Waals surface area contributed by atoms with E-state index in [9.17, 15) is 14.4 Å². The summed E-state index contributed by atoms with van der Waals surface area (Å²) in [5, 5.41) is 4.48. The van der Waals surface area contributed by atoms with Crippen LogP contribution in [0.2, 0.25) is 0 Å². The van der Waals surface area contributed by atoms with Gasteiger partial charge in [-0.2, -0.15) is 0 Å². The Morgan fingerprint density at radius 1 is 1.38 bits per heavy atom. The number of hydrogen-bond donors (Lipinski definition) is 2. The van der Waals surface area contributed by atoms with Crippen molar-refractivity contribution < 1.29 is 14.4 Å². The van der Waals surface area contributed by atoms with Crippen LogP contribution in [-0.2, 0) is 14.4 Å². The van der Waals surface area contributed by atoms with Crippen molar-refractivity contribution in [1.82, 2.24) is 10.2 Å². The molecule has 7 heteroatoms. The number of carbonyl (C=O) groups is 3. The molecule has 1 fully saturated rings. The second kappa shape index (κ2) is 9.15. The summed E-state index contributed by atoms with van der Waals surface area (Å²) in [4.78, 5) is 39.1. The maximum atomic E-state index is 12.7. The highest BCUT2D eigenvalue weighted by Gasteiger charge is 2.32. The zero-order valence-corrected chi connectivity index (χ0v) is 15.6. The third-order valence-electron chi connectivity index (χ3n) is 4.21. The molecule has 1 aliphatic rings. The monoisotopic (exact) mass is 373 g/mol. The summed E-state index contributed by atoms with van der Waals surface area (Å²) in [6.07, 6.45) is 7.02. The van der Waals surface area contributed by atoms with Gasteiger partial charge < -0.3 is 16.0 Å². The molecule has 3 amide bonds. The molecule has 0 aliphatic carbocycles. The molecule has 3 N–H and O–H groups in total. The second-order valence-corrected chi connectivity index (χ2v) is 6.87. The summed E-state index contributed by atoms with van der Waals surface area (Å²) >= 11 is 1.58. The third kappa shape index (κ3) is 4.70. The van der Waals surface area contributed by atoms with E-state index in [1.807, 2.05) is 17.5 Å². The Morgan fingerprint density at radius 3 is 2.73 bits per heavy atom. The van der Waals surface area contributed by atoms with E-state index < -0.39 is 17.7 Å². The SMILES string of the molecule is C=C/C(=C\C(=C/C)C(N)=O)NC(=O)C(=O)N1CCCCC1c1cccs1. The van der Waals surface area contributed by atoms with Gasteiger partial charge in [-0.15, -0.1) is 11.3 Å². The van der Waals surface area contributed by atoms with E-state index in [1.165, 1.54) is 18.2 Å². The number of nitrogens with zero attached hydrogens (tertiary/aromatic N) is 1. The molecular formula is C19H23N3O3S. The summed E-state index contributed by atoms with van der Waals surface area (Å²) in [5.74, 6) is -1.96. The molecule has 2 heterocycles. The third-order valence-corrected chi connectivity index (χ3v) is 5.19. The van der Waals surface area contributed by atoms with E-state index in [-0.39, 0.29) is 17.3 Å². The molecule has 1 aromatic heterocycles. The van der Waals surface area contributed by atoms with Gasteiger partial charge in [-0.3, -0.25) is 14.4 Å². The normalized spacial score (nSPS) is 18.3. The van der Waals surface area contributed by atoms with E-state index in [0.29, 0.717) is 6.54 Å². The van der Waals surface area contributed by atoms with E-state index in [2.05, 4.69) is 11.9 Å². The molecule has 1 aromatic rings. The molecule has 0 spiro atoms. The van der Waals surface area contributed by atoms with Gasteiger partial charge in [0.2, 0.25) is 5.91 Å². The van der Waals surface area contributed by atoms with Gasteiger partial charge in [-0.1, -0.05) is 18.7 Å². The van der Waals surface area contributed by atoms with Gasteiger partial charge in [0.1, 0.15) is 0 Å². The number of primary amides is 1. The Balaban J connectivity index is 2.14. The van der Waals surface area contributed by atoms with Crippen molar-refractivity contribution in [2.75, 3.05) is 6.54 Å². The minimum absolute atomic E-state index is 0.0742. The van der Waals surface area contributed by atoms with Crippen molar-refractivity contribution in [2.45, 2.75) is 32.2 Å². The number of amides is 3. The Kier molecular flexibility index (Phi) is 6.91. The number of allylic oxidation sites excluding steroid dienone is 2. The van der Waals surface area contributed by atoms with Crippen LogP contribution in [0.5, 0.6) is 0 Å². The molecule has 1 atom stereocenters. The summed E-state index contributed by atoms with van der Waals surface area (Å²) in [7, 11) is 0. The molecule has 1 saturated heterocycles. The highest BCUT2D eigenvalue weighted by molar-refractivity contribution is 7.10. The highest BCUT2D eigenvalue weighted by Crippen LogP contribution is 2.33. The molecule has 2 rings (SSSR count). The van der Waals surface area contributed by atoms with Gasteiger partial charge in [0.05, 0.1) is 6.04 Å². The Hall–Kier alpha value is -2.67. The first kappa shape index (κ1) is 19.7. The van der Waals surface area contributed by atoms with Crippen LogP contribution in [-0.4, -0.2) is 29.2 Å². The number of rotatable bonds is 5. The maximum absolute atomic E-state index is 12.7. The maximum Gasteiger partial charge on any atom is 0.313 e. The smallest absolute Gasteiger partial charge is 0.313 e. The Bertz CT molecular complexity index is 750. The van der Waals surface area contributed by atoms with Crippen molar-refractivity contribution in [2.24, 2.45) is 5.73 Å². The largest absolute Gasteiger partial charge is 0.366 e. The van der Waals surface area contributed by atoms with Crippen LogP contribution in [0.3, 0.4) is 0 Å². The number of carbonyl (C=O) groups excluding carboxylic acids is 3. The number of nitrogens with two attached hydrogens (primary N) is 1. The lowest BCUT2D eigenvalue weighted by molar-refractivity contribution is -0.148. The van der Waals surface area contributed by atoms with Crippen LogP contribution >= 0.6 is 11.3 Å². The first-order chi connectivity index (χ1) is 12.5. The average Bonchev–Trinajstić information content (AvgIpc) is 3.18. The van der Waals surface area contributed by atoms with Gasteiger partial charge in [-0.05, 0) is 49.8 Å². The number of likely N-dealkylation sites (tertiary alicyclic amines) is 1. The highest BCUT2D eigenvalue weighted by atomic mass is 32.1. The first-order valence-corrected chi connectivity index (χ1v) is 9.31. The first-order valence-electron chi connectivity index (χ1n) is 8.43. The van der Waals surface area contributed by atoms with E-state index >= 15 is 0 Å². The van der Waals surface area contributed by atoms with Gasteiger partial charge >= 0.3 is 11.8 Å². The minimum atomic E-state index is -0.750. The molecule has 0 radical (unpaired) electrons. The van der Waals surface area contributed by atoms with E-state index in [1.54, 1.807) is 23.2 Å². The summed E-state index contributed by atoms with van der Waals surface area (Å²) in [5.41, 5.74) is 5.73. The van der Waals surface area contributed by atoms with Crippen molar-refractivity contribution in [3.8, 4) is 0 Å². The number of nitrogens with one attached hydrogen (secondary N) is 1. The fourth-order valence-electron chi connectivity index (χ4n) is 2.88. The quantitative estimate of drug-likeness (QED) is 0.472. The van der Waals surface area contributed by atoms with Crippen molar-refractivity contribution in [1.29, 1.82) is 0 Å². The average molecular weight is 373 g/mol. The van der Waals surface area contributed by atoms with Crippen molar-refractivity contribution >= 4 is 29.1 Å². The standard InChI is InChI=1S/C19H23N3O3S/c1-3-13(17(20)23)12-14(4-2)21-18(24)19(25)22-10-6-5-8-15(22)16-9-7-11-26-16/h3-4,7,9,11-12,15H,2,5-6,8,10H2,1H3,(H2,20,23)(H,21,24)/b13-3+,14-12+. The topological polar surface area (TPSA) is 92.5 Å². The summed E-state index contributed by atoms with van der Waals surface area (Å²) < 4.78 is 0. The van der Waals surface area contributed by atoms with Crippen molar-refractivity contribution in [3.05, 3.63) is 58.5 Å². The van der Waals surface area contributed by atoms with Crippen LogP contribution in [0, 0.1) is 0 Å². The Morgan fingerprint density at radius 2 is 2.15 bits per heavy atom. The lowest BCUT2D eigenvalue weighted by atomic mass is 10.0. The van der Waals surface area contributed by atoms with E-state index in [0.717, 1.165) is 24.1 Å². The molecule has 0 aromatic carbocycles. The molecule has 1 aliphatic heterocycles. The zero-order chi connectivity index (χ0) is 19.1. The molecule has 6 nitrogen and oxygen atoms in total. The lowest BCUT2D eigenvalue weighted by Crippen LogP contribution is -2.46. The number of hydrogen-bond acceptors (Lipinski definition) is 4. The predicted octanol–water partition coefficient (Wildman–Crippen LogP) is 2.42. The van der Waals surface area contributed by atoms with Gasteiger partial charge in [0, 0.05) is 22.7 Å². The molecule has 0 saturated carbocycles. The predicted molar refractivity (Wildman–Crippen MR) is 102 cm³/mol. The molecule has 138 valence electrons. The van der Waals surface area contributed by atoms with E-state index in [4.69, 9.17) is 5.73 Å². The summed E-state index contributed by atoms with van der Waals surface area (Å²) in [6, 6.07) is 3.85. The lowest BCUT2D eigenvalue weighted by Gasteiger charge is -2.34. The Labute approximate surface area is 157 Å². The fraction of sp³-hybridized carbons (Fsp3) is 0.316. The van der Waals surface area contributed by atoms with Crippen LogP contribution < -0.4 is 11.1 Å². The number of thiophene rings is 1. The molecule has 0 bridgehead atoms. The molecular weight excluding hydrogens is 350 g/mol. The minimum Gasteiger partial charge on any atom is -0.366 e. The number of piperidine rings is 1. The van der Waals surface area contributed by atoms with Gasteiger partial charge in [-0.25, -0.2) is 0 Å². The van der Waals surface area contributed by atoms with Gasteiger partial charge in [0.25, 0.3) is 0 Å².